The SMILES string of the molecule is Cc1ccc(C)c(S(=O)(=O)N2CCN(CC(=O)NCC(=O)N(C)C)CC2)c1. The van der Waals surface area contributed by atoms with Gasteiger partial charge in [-0.25, -0.2) is 8.42 Å². The van der Waals surface area contributed by atoms with Crippen molar-refractivity contribution in [2.45, 2.75) is 18.7 Å². The number of likely N-dealkylation sites (N-methyl/N-ethyl adjacent to an activating group) is 1. The summed E-state index contributed by atoms with van der Waals surface area (Å²) in [6.45, 7) is 5.39. The van der Waals surface area contributed by atoms with Crippen molar-refractivity contribution in [1.29, 1.82) is 0 Å². The largest absolute Gasteiger partial charge is 0.347 e. The molecule has 27 heavy (non-hydrogen) atoms. The second kappa shape index (κ2) is 8.81. The van der Waals surface area contributed by atoms with Crippen LogP contribution < -0.4 is 5.32 Å². The lowest BCUT2D eigenvalue weighted by atomic mass is 10.2. The maximum atomic E-state index is 12.9. The highest BCUT2D eigenvalue weighted by atomic mass is 32.2. The molecule has 1 aromatic rings. The van der Waals surface area contributed by atoms with Crippen molar-refractivity contribution in [3.05, 3.63) is 29.3 Å². The Hall–Kier alpha value is -1.97. The van der Waals surface area contributed by atoms with Gasteiger partial charge in [0.1, 0.15) is 0 Å². The first-order valence-electron chi connectivity index (χ1n) is 8.88. The van der Waals surface area contributed by atoms with Gasteiger partial charge >= 0.3 is 0 Å². The fourth-order valence-corrected chi connectivity index (χ4v) is 4.58. The molecule has 0 saturated carbocycles. The summed E-state index contributed by atoms with van der Waals surface area (Å²) in [4.78, 5) is 27.1. The predicted octanol–water partition coefficient (Wildman–Crippen LogP) is -0.186. The lowest BCUT2D eigenvalue weighted by Crippen LogP contribution is -2.51. The molecule has 0 spiro atoms. The highest BCUT2D eigenvalue weighted by Crippen LogP contribution is 2.22. The van der Waals surface area contributed by atoms with E-state index in [-0.39, 0.29) is 24.9 Å². The monoisotopic (exact) mass is 396 g/mol. The van der Waals surface area contributed by atoms with E-state index in [0.29, 0.717) is 31.1 Å². The number of hydrogen-bond acceptors (Lipinski definition) is 5. The maximum absolute atomic E-state index is 12.9. The van der Waals surface area contributed by atoms with Crippen LogP contribution in [0.2, 0.25) is 0 Å². The van der Waals surface area contributed by atoms with Gasteiger partial charge in [-0.3, -0.25) is 14.5 Å². The lowest BCUT2D eigenvalue weighted by Gasteiger charge is -2.33. The Labute approximate surface area is 161 Å². The Morgan fingerprint density at radius 1 is 1.11 bits per heavy atom. The van der Waals surface area contributed by atoms with Crippen LogP contribution in [0.25, 0.3) is 0 Å². The summed E-state index contributed by atoms with van der Waals surface area (Å²) < 4.78 is 27.3. The predicted molar refractivity (Wildman–Crippen MR) is 103 cm³/mol. The van der Waals surface area contributed by atoms with Gasteiger partial charge in [-0.05, 0) is 31.0 Å². The van der Waals surface area contributed by atoms with Crippen LogP contribution in [0.4, 0.5) is 0 Å². The van der Waals surface area contributed by atoms with Gasteiger partial charge < -0.3 is 10.2 Å². The summed E-state index contributed by atoms with van der Waals surface area (Å²) in [5.74, 6) is -0.413. The van der Waals surface area contributed by atoms with Crippen LogP contribution in [0.15, 0.2) is 23.1 Å². The van der Waals surface area contributed by atoms with Crippen LogP contribution in [0.1, 0.15) is 11.1 Å². The number of piperazine rings is 1. The number of sulfonamides is 1. The minimum Gasteiger partial charge on any atom is -0.347 e. The van der Waals surface area contributed by atoms with Gasteiger partial charge in [0.05, 0.1) is 18.0 Å². The van der Waals surface area contributed by atoms with Gasteiger partial charge in [0, 0.05) is 40.3 Å². The third kappa shape index (κ3) is 5.50. The molecular weight excluding hydrogens is 368 g/mol. The standard InChI is InChI=1S/C18H28N4O4S/c1-14-5-6-15(2)16(11-14)27(25,26)22-9-7-21(8-10-22)13-17(23)19-12-18(24)20(3)4/h5-6,11H,7-10,12-13H2,1-4H3,(H,19,23). The third-order valence-corrected chi connectivity index (χ3v) is 6.64. The first kappa shape index (κ1) is 21.3. The molecule has 0 atom stereocenters. The van der Waals surface area contributed by atoms with E-state index in [1.54, 1.807) is 27.1 Å². The highest BCUT2D eigenvalue weighted by Gasteiger charge is 2.30. The fourth-order valence-electron chi connectivity index (χ4n) is 2.84. The van der Waals surface area contributed by atoms with E-state index >= 15 is 0 Å². The smallest absolute Gasteiger partial charge is 0.243 e. The van der Waals surface area contributed by atoms with E-state index in [2.05, 4.69) is 5.32 Å². The van der Waals surface area contributed by atoms with Crippen molar-refractivity contribution in [3.63, 3.8) is 0 Å². The van der Waals surface area contributed by atoms with Crippen molar-refractivity contribution in [2.75, 3.05) is 53.4 Å². The second-order valence-corrected chi connectivity index (χ2v) is 8.92. The van der Waals surface area contributed by atoms with E-state index in [0.717, 1.165) is 11.1 Å². The molecule has 1 aliphatic heterocycles. The van der Waals surface area contributed by atoms with Gasteiger partial charge in [0.2, 0.25) is 21.8 Å². The summed E-state index contributed by atoms with van der Waals surface area (Å²) in [7, 11) is -0.284. The molecule has 2 amide bonds. The average molecular weight is 397 g/mol. The molecule has 0 radical (unpaired) electrons. The van der Waals surface area contributed by atoms with Crippen LogP contribution in [-0.4, -0.2) is 87.7 Å². The van der Waals surface area contributed by atoms with Crippen molar-refractivity contribution < 1.29 is 18.0 Å². The Balaban J connectivity index is 1.90. The van der Waals surface area contributed by atoms with Crippen LogP contribution in [0.3, 0.4) is 0 Å². The Morgan fingerprint density at radius 2 is 1.74 bits per heavy atom. The molecular formula is C18H28N4O4S. The number of nitrogens with one attached hydrogen (secondary N) is 1. The minimum absolute atomic E-state index is 0.0349. The molecule has 0 bridgehead atoms. The molecule has 2 rings (SSSR count). The number of carbonyl (C=O) groups is 2. The summed E-state index contributed by atoms with van der Waals surface area (Å²) in [6.07, 6.45) is 0. The zero-order valence-corrected chi connectivity index (χ0v) is 17.2. The van der Waals surface area contributed by atoms with E-state index in [4.69, 9.17) is 0 Å². The first-order chi connectivity index (χ1) is 12.6. The molecule has 0 unspecified atom stereocenters. The number of rotatable bonds is 6. The van der Waals surface area contributed by atoms with Crippen molar-refractivity contribution >= 4 is 21.8 Å². The Morgan fingerprint density at radius 3 is 2.33 bits per heavy atom. The maximum Gasteiger partial charge on any atom is 0.243 e. The number of hydrogen-bond donors (Lipinski definition) is 1. The molecule has 150 valence electrons. The fraction of sp³-hybridized carbons (Fsp3) is 0.556. The quantitative estimate of drug-likeness (QED) is 0.720. The first-order valence-corrected chi connectivity index (χ1v) is 10.3. The second-order valence-electron chi connectivity index (χ2n) is 7.01. The van der Waals surface area contributed by atoms with Gasteiger partial charge in [0.15, 0.2) is 0 Å². The zero-order valence-electron chi connectivity index (χ0n) is 16.4. The average Bonchev–Trinajstić information content (AvgIpc) is 2.62. The van der Waals surface area contributed by atoms with E-state index in [1.807, 2.05) is 24.0 Å². The topological polar surface area (TPSA) is 90.0 Å². The number of nitrogens with zero attached hydrogens (tertiary/aromatic N) is 3. The van der Waals surface area contributed by atoms with Gasteiger partial charge in [-0.15, -0.1) is 0 Å². The van der Waals surface area contributed by atoms with E-state index in [9.17, 15) is 18.0 Å². The number of aryl methyl sites for hydroxylation is 2. The third-order valence-electron chi connectivity index (χ3n) is 4.60. The van der Waals surface area contributed by atoms with Crippen LogP contribution in [0.5, 0.6) is 0 Å². The van der Waals surface area contributed by atoms with Crippen molar-refractivity contribution in [2.24, 2.45) is 0 Å². The number of carbonyl (C=O) groups excluding carboxylic acids is 2. The van der Waals surface area contributed by atoms with Gasteiger partial charge in [-0.1, -0.05) is 12.1 Å². The van der Waals surface area contributed by atoms with E-state index < -0.39 is 10.0 Å². The van der Waals surface area contributed by atoms with Crippen LogP contribution >= 0.6 is 0 Å². The summed E-state index contributed by atoms with van der Waals surface area (Å²) >= 11 is 0. The molecule has 1 fully saturated rings. The van der Waals surface area contributed by atoms with Crippen LogP contribution in [-0.2, 0) is 19.6 Å². The Bertz CT molecular complexity index is 800. The van der Waals surface area contributed by atoms with Gasteiger partial charge in [0.25, 0.3) is 0 Å². The molecule has 0 aliphatic carbocycles. The van der Waals surface area contributed by atoms with Crippen molar-refractivity contribution in [3.8, 4) is 0 Å². The summed E-state index contributed by atoms with van der Waals surface area (Å²) in [5.41, 5.74) is 1.63. The molecule has 1 saturated heterocycles. The zero-order chi connectivity index (χ0) is 20.2. The minimum atomic E-state index is -3.54. The lowest BCUT2D eigenvalue weighted by molar-refractivity contribution is -0.131. The normalized spacial score (nSPS) is 16.1. The summed E-state index contributed by atoms with van der Waals surface area (Å²) in [5, 5.41) is 2.59. The molecule has 1 N–H and O–H groups in total. The Kier molecular flexibility index (Phi) is 6.96. The highest BCUT2D eigenvalue weighted by molar-refractivity contribution is 7.89. The molecule has 1 aromatic carbocycles. The molecule has 8 nitrogen and oxygen atoms in total. The number of amides is 2. The number of benzene rings is 1. The van der Waals surface area contributed by atoms with E-state index in [1.165, 1.54) is 9.21 Å². The summed E-state index contributed by atoms with van der Waals surface area (Å²) in [6, 6.07) is 5.41. The molecule has 9 heteroatoms. The molecule has 1 aliphatic rings. The molecule has 0 aromatic heterocycles. The van der Waals surface area contributed by atoms with Gasteiger partial charge in [-0.2, -0.15) is 4.31 Å². The van der Waals surface area contributed by atoms with Crippen molar-refractivity contribution in [1.82, 2.24) is 19.4 Å². The molecule has 1 heterocycles. The van der Waals surface area contributed by atoms with Crippen LogP contribution in [0, 0.1) is 13.8 Å².